The number of piperidine rings is 1. The Kier molecular flexibility index (Phi) is 5.15. The van der Waals surface area contributed by atoms with Crippen molar-refractivity contribution in [3.63, 3.8) is 0 Å². The standard InChI is InChI=1S/C18H26FN3O2/c1-14(2)22-13-18(24-12-17(22)23)6-10-21(11-7-18)9-5-16-15(19)4-3-8-20-16/h3-4,8,14H,5-7,9-13H2,1-2H3. The molecule has 1 aromatic rings. The highest BCUT2D eigenvalue weighted by Gasteiger charge is 2.42. The molecule has 0 aliphatic carbocycles. The van der Waals surface area contributed by atoms with Gasteiger partial charge in [0.2, 0.25) is 5.91 Å². The summed E-state index contributed by atoms with van der Waals surface area (Å²) >= 11 is 0. The van der Waals surface area contributed by atoms with Crippen molar-refractivity contribution in [1.29, 1.82) is 0 Å². The van der Waals surface area contributed by atoms with Gasteiger partial charge >= 0.3 is 0 Å². The highest BCUT2D eigenvalue weighted by Crippen LogP contribution is 2.31. The molecule has 3 heterocycles. The van der Waals surface area contributed by atoms with Crippen molar-refractivity contribution in [3.05, 3.63) is 29.8 Å². The molecule has 2 aliphatic rings. The second-order valence-corrected chi connectivity index (χ2v) is 7.11. The zero-order chi connectivity index (χ0) is 17.2. The number of carbonyl (C=O) groups excluding carboxylic acids is 1. The molecular formula is C18H26FN3O2. The predicted octanol–water partition coefficient (Wildman–Crippen LogP) is 1.86. The van der Waals surface area contributed by atoms with E-state index < -0.39 is 0 Å². The molecule has 2 fully saturated rings. The van der Waals surface area contributed by atoms with Crippen LogP contribution in [0, 0.1) is 5.82 Å². The Balaban J connectivity index is 1.52. The number of amides is 1. The van der Waals surface area contributed by atoms with Crippen molar-refractivity contribution < 1.29 is 13.9 Å². The number of likely N-dealkylation sites (tertiary alicyclic amines) is 1. The van der Waals surface area contributed by atoms with E-state index in [1.807, 2.05) is 18.7 Å². The number of hydrogen-bond acceptors (Lipinski definition) is 4. The largest absolute Gasteiger partial charge is 0.363 e. The van der Waals surface area contributed by atoms with E-state index in [1.165, 1.54) is 6.07 Å². The molecule has 0 radical (unpaired) electrons. The minimum absolute atomic E-state index is 0.0867. The van der Waals surface area contributed by atoms with Crippen LogP contribution in [0.25, 0.3) is 0 Å². The van der Waals surface area contributed by atoms with Gasteiger partial charge in [0.05, 0.1) is 17.8 Å². The van der Waals surface area contributed by atoms with Gasteiger partial charge in [0.15, 0.2) is 0 Å². The second kappa shape index (κ2) is 7.15. The lowest BCUT2D eigenvalue weighted by molar-refractivity contribution is -0.174. The molecule has 2 aliphatic heterocycles. The maximum Gasteiger partial charge on any atom is 0.248 e. The first-order valence-electron chi connectivity index (χ1n) is 8.74. The zero-order valence-corrected chi connectivity index (χ0v) is 14.5. The van der Waals surface area contributed by atoms with E-state index in [1.54, 1.807) is 12.3 Å². The van der Waals surface area contributed by atoms with E-state index in [2.05, 4.69) is 9.88 Å². The number of nitrogens with zero attached hydrogens (tertiary/aromatic N) is 3. The zero-order valence-electron chi connectivity index (χ0n) is 14.5. The first-order valence-corrected chi connectivity index (χ1v) is 8.74. The first kappa shape index (κ1) is 17.3. The van der Waals surface area contributed by atoms with Crippen LogP contribution in [0.5, 0.6) is 0 Å². The van der Waals surface area contributed by atoms with Crippen LogP contribution in [0.15, 0.2) is 18.3 Å². The maximum atomic E-state index is 13.6. The predicted molar refractivity (Wildman–Crippen MR) is 89.1 cm³/mol. The fourth-order valence-electron chi connectivity index (χ4n) is 3.57. The van der Waals surface area contributed by atoms with Crippen LogP contribution in [0.3, 0.4) is 0 Å². The molecule has 1 spiro atoms. The summed E-state index contributed by atoms with van der Waals surface area (Å²) in [7, 11) is 0. The van der Waals surface area contributed by atoms with Crippen molar-refractivity contribution in [1.82, 2.24) is 14.8 Å². The average Bonchev–Trinajstić information content (AvgIpc) is 2.58. The van der Waals surface area contributed by atoms with E-state index in [0.29, 0.717) is 18.7 Å². The molecule has 132 valence electrons. The van der Waals surface area contributed by atoms with E-state index >= 15 is 0 Å². The van der Waals surface area contributed by atoms with Crippen LogP contribution in [-0.4, -0.2) is 65.1 Å². The SMILES string of the molecule is CC(C)N1CC2(CCN(CCc3ncccc3F)CC2)OCC1=O. The highest BCUT2D eigenvalue weighted by atomic mass is 19.1. The maximum absolute atomic E-state index is 13.6. The number of carbonyl (C=O) groups is 1. The topological polar surface area (TPSA) is 45.7 Å². The quantitative estimate of drug-likeness (QED) is 0.843. The molecule has 24 heavy (non-hydrogen) atoms. The van der Waals surface area contributed by atoms with E-state index in [9.17, 15) is 9.18 Å². The normalized spacial score (nSPS) is 21.7. The summed E-state index contributed by atoms with van der Waals surface area (Å²) in [5, 5.41) is 0. The van der Waals surface area contributed by atoms with Gasteiger partial charge in [-0.25, -0.2) is 4.39 Å². The summed E-state index contributed by atoms with van der Waals surface area (Å²) in [6, 6.07) is 3.29. The Labute approximate surface area is 142 Å². The number of morpholine rings is 1. The monoisotopic (exact) mass is 335 g/mol. The molecule has 0 N–H and O–H groups in total. The summed E-state index contributed by atoms with van der Waals surface area (Å²) in [6.07, 6.45) is 4.08. The van der Waals surface area contributed by atoms with E-state index in [4.69, 9.17) is 4.74 Å². The lowest BCUT2D eigenvalue weighted by Crippen LogP contribution is -2.60. The molecule has 0 saturated carbocycles. The first-order chi connectivity index (χ1) is 11.5. The number of rotatable bonds is 4. The van der Waals surface area contributed by atoms with Gasteiger partial charge in [-0.2, -0.15) is 0 Å². The van der Waals surface area contributed by atoms with Gasteiger partial charge in [-0.3, -0.25) is 9.78 Å². The summed E-state index contributed by atoms with van der Waals surface area (Å²) in [5.74, 6) is -0.142. The Morgan fingerprint density at radius 2 is 2.12 bits per heavy atom. The minimum Gasteiger partial charge on any atom is -0.363 e. The van der Waals surface area contributed by atoms with Gasteiger partial charge in [-0.05, 0) is 38.8 Å². The Hall–Kier alpha value is -1.53. The van der Waals surface area contributed by atoms with Crippen LogP contribution in [0.4, 0.5) is 4.39 Å². The molecule has 0 aromatic carbocycles. The molecule has 6 heteroatoms. The summed E-state index contributed by atoms with van der Waals surface area (Å²) in [5.41, 5.74) is 0.327. The molecule has 5 nitrogen and oxygen atoms in total. The Morgan fingerprint density at radius 1 is 1.38 bits per heavy atom. The third kappa shape index (κ3) is 3.75. The number of pyridine rings is 1. The second-order valence-electron chi connectivity index (χ2n) is 7.11. The van der Waals surface area contributed by atoms with Crippen molar-refractivity contribution in [3.8, 4) is 0 Å². The third-order valence-corrected chi connectivity index (χ3v) is 5.17. The summed E-state index contributed by atoms with van der Waals surface area (Å²) in [6.45, 7) is 7.60. The van der Waals surface area contributed by atoms with Gasteiger partial charge in [0.1, 0.15) is 12.4 Å². The van der Waals surface area contributed by atoms with Gasteiger partial charge in [-0.15, -0.1) is 0 Å². The fourth-order valence-corrected chi connectivity index (χ4v) is 3.57. The molecule has 1 amide bonds. The third-order valence-electron chi connectivity index (χ3n) is 5.17. The van der Waals surface area contributed by atoms with Crippen molar-refractivity contribution in [2.24, 2.45) is 0 Å². The van der Waals surface area contributed by atoms with E-state index in [0.717, 1.165) is 32.5 Å². The average molecular weight is 335 g/mol. The van der Waals surface area contributed by atoms with Crippen LogP contribution in [0.1, 0.15) is 32.4 Å². The molecule has 2 saturated heterocycles. The highest BCUT2D eigenvalue weighted by molar-refractivity contribution is 5.78. The molecular weight excluding hydrogens is 309 g/mol. The van der Waals surface area contributed by atoms with Crippen molar-refractivity contribution in [2.75, 3.05) is 32.8 Å². The van der Waals surface area contributed by atoms with Crippen LogP contribution >= 0.6 is 0 Å². The smallest absolute Gasteiger partial charge is 0.248 e. The lowest BCUT2D eigenvalue weighted by atomic mass is 9.88. The van der Waals surface area contributed by atoms with Crippen LogP contribution < -0.4 is 0 Å². The van der Waals surface area contributed by atoms with Crippen molar-refractivity contribution in [2.45, 2.75) is 44.8 Å². The Bertz CT molecular complexity index is 585. The lowest BCUT2D eigenvalue weighted by Gasteiger charge is -2.48. The van der Waals surface area contributed by atoms with Gasteiger partial charge in [0.25, 0.3) is 0 Å². The molecule has 0 bridgehead atoms. The number of hydrogen-bond donors (Lipinski definition) is 0. The minimum atomic E-state index is -0.229. The summed E-state index contributed by atoms with van der Waals surface area (Å²) in [4.78, 5) is 20.3. The van der Waals surface area contributed by atoms with Gasteiger partial charge in [0, 0.05) is 38.3 Å². The van der Waals surface area contributed by atoms with Crippen LogP contribution in [-0.2, 0) is 16.0 Å². The van der Waals surface area contributed by atoms with Gasteiger partial charge < -0.3 is 14.5 Å². The summed E-state index contributed by atoms with van der Waals surface area (Å²) < 4.78 is 19.6. The number of ether oxygens (including phenoxy) is 1. The fraction of sp³-hybridized carbons (Fsp3) is 0.667. The molecule has 0 unspecified atom stereocenters. The molecule has 1 aromatic heterocycles. The number of aromatic nitrogens is 1. The van der Waals surface area contributed by atoms with Gasteiger partial charge in [-0.1, -0.05) is 0 Å². The van der Waals surface area contributed by atoms with Crippen LogP contribution in [0.2, 0.25) is 0 Å². The molecule has 0 atom stereocenters. The molecule has 3 rings (SSSR count). The Morgan fingerprint density at radius 3 is 2.79 bits per heavy atom. The number of halogens is 1. The van der Waals surface area contributed by atoms with Crippen molar-refractivity contribution >= 4 is 5.91 Å². The van der Waals surface area contributed by atoms with E-state index in [-0.39, 0.29) is 30.0 Å².